The minimum absolute atomic E-state index is 0.459. The summed E-state index contributed by atoms with van der Waals surface area (Å²) in [7, 11) is 0. The molecular weight excluding hydrogens is 196 g/mol. The van der Waals surface area contributed by atoms with Crippen molar-refractivity contribution in [3.63, 3.8) is 0 Å². The maximum atomic E-state index is 5.86. The molecule has 1 saturated carbocycles. The van der Waals surface area contributed by atoms with Gasteiger partial charge in [0.15, 0.2) is 0 Å². The van der Waals surface area contributed by atoms with E-state index in [4.69, 9.17) is 5.73 Å². The Balaban J connectivity index is 1.92. The molecule has 0 spiro atoms. The fourth-order valence-electron chi connectivity index (χ4n) is 2.18. The van der Waals surface area contributed by atoms with E-state index in [-0.39, 0.29) is 0 Å². The van der Waals surface area contributed by atoms with E-state index in [1.54, 1.807) is 0 Å². The molecule has 0 bridgehead atoms. The fourth-order valence-corrected chi connectivity index (χ4v) is 2.18. The first-order valence-electron chi connectivity index (χ1n) is 6.29. The molecule has 16 heavy (non-hydrogen) atoms. The Bertz CT molecular complexity index is 331. The summed E-state index contributed by atoms with van der Waals surface area (Å²) in [5.74, 6) is 0.459. The van der Waals surface area contributed by atoms with Crippen molar-refractivity contribution < 1.29 is 0 Å². The Morgan fingerprint density at radius 2 is 2.25 bits per heavy atom. The molecule has 1 aromatic rings. The molecule has 2 nitrogen and oxygen atoms in total. The van der Waals surface area contributed by atoms with E-state index < -0.39 is 0 Å². The first-order chi connectivity index (χ1) is 7.79. The van der Waals surface area contributed by atoms with Gasteiger partial charge in [0.2, 0.25) is 0 Å². The van der Waals surface area contributed by atoms with Crippen molar-refractivity contribution in [2.45, 2.75) is 38.1 Å². The smallest absolute Gasteiger partial charge is 0.00865 e. The van der Waals surface area contributed by atoms with Crippen LogP contribution in [0.3, 0.4) is 0 Å². The lowest BCUT2D eigenvalue weighted by Crippen LogP contribution is -2.39. The van der Waals surface area contributed by atoms with Gasteiger partial charge >= 0.3 is 0 Å². The van der Waals surface area contributed by atoms with E-state index in [0.29, 0.717) is 5.92 Å². The first-order valence-corrected chi connectivity index (χ1v) is 6.29. The lowest BCUT2D eigenvalue weighted by molar-refractivity contribution is 0.332. The highest BCUT2D eigenvalue weighted by molar-refractivity contribution is 5.26. The second kappa shape index (κ2) is 5.46. The van der Waals surface area contributed by atoms with Gasteiger partial charge in [-0.3, -0.25) is 0 Å². The van der Waals surface area contributed by atoms with Gasteiger partial charge in [0.25, 0.3) is 0 Å². The third kappa shape index (κ3) is 2.83. The standard InChI is InChI=1S/C14H22N2/c1-11-4-2-5-12(8-11)13(9-15)10-16-14-6-3-7-14/h2,4-5,8,13-14,16H,3,6-7,9-10,15H2,1H3. The van der Waals surface area contributed by atoms with Gasteiger partial charge in [-0.15, -0.1) is 0 Å². The maximum absolute atomic E-state index is 5.86. The van der Waals surface area contributed by atoms with Gasteiger partial charge in [0.05, 0.1) is 0 Å². The molecule has 1 fully saturated rings. The molecule has 1 atom stereocenters. The van der Waals surface area contributed by atoms with Crippen molar-refractivity contribution in [2.24, 2.45) is 5.73 Å². The lowest BCUT2D eigenvalue weighted by atomic mass is 9.91. The van der Waals surface area contributed by atoms with Crippen LogP contribution in [0, 0.1) is 6.92 Å². The molecule has 88 valence electrons. The highest BCUT2D eigenvalue weighted by Crippen LogP contribution is 2.20. The summed E-state index contributed by atoms with van der Waals surface area (Å²) in [5, 5.41) is 3.61. The molecule has 1 aromatic carbocycles. The number of hydrogen-bond acceptors (Lipinski definition) is 2. The maximum Gasteiger partial charge on any atom is 0.00865 e. The van der Waals surface area contributed by atoms with Crippen molar-refractivity contribution in [3.05, 3.63) is 35.4 Å². The van der Waals surface area contributed by atoms with Gasteiger partial charge in [0, 0.05) is 25.0 Å². The van der Waals surface area contributed by atoms with Crippen LogP contribution in [0.2, 0.25) is 0 Å². The molecule has 0 saturated heterocycles. The van der Waals surface area contributed by atoms with E-state index in [9.17, 15) is 0 Å². The second-order valence-corrected chi connectivity index (χ2v) is 4.88. The summed E-state index contributed by atoms with van der Waals surface area (Å²) >= 11 is 0. The van der Waals surface area contributed by atoms with Gasteiger partial charge in [-0.2, -0.15) is 0 Å². The van der Waals surface area contributed by atoms with Gasteiger partial charge in [-0.25, -0.2) is 0 Å². The molecule has 2 rings (SSSR count). The Morgan fingerprint density at radius 3 is 2.81 bits per heavy atom. The zero-order valence-corrected chi connectivity index (χ0v) is 10.1. The molecule has 1 aliphatic carbocycles. The SMILES string of the molecule is Cc1cccc(C(CN)CNC2CCC2)c1. The molecule has 2 heteroatoms. The Hall–Kier alpha value is -0.860. The molecule has 3 N–H and O–H groups in total. The summed E-state index contributed by atoms with van der Waals surface area (Å²) in [5.41, 5.74) is 8.55. The number of nitrogens with two attached hydrogens (primary N) is 1. The molecule has 0 radical (unpaired) electrons. The third-order valence-electron chi connectivity index (χ3n) is 3.56. The van der Waals surface area contributed by atoms with Gasteiger partial charge in [-0.05, 0) is 25.3 Å². The monoisotopic (exact) mass is 218 g/mol. The van der Waals surface area contributed by atoms with Crippen LogP contribution in [0.25, 0.3) is 0 Å². The van der Waals surface area contributed by atoms with Gasteiger partial charge in [0.1, 0.15) is 0 Å². The zero-order chi connectivity index (χ0) is 11.4. The predicted molar refractivity (Wildman–Crippen MR) is 68.6 cm³/mol. The van der Waals surface area contributed by atoms with Crippen LogP contribution in [0.5, 0.6) is 0 Å². The van der Waals surface area contributed by atoms with Crippen LogP contribution in [0.1, 0.15) is 36.3 Å². The van der Waals surface area contributed by atoms with E-state index in [2.05, 4.69) is 36.5 Å². The quantitative estimate of drug-likeness (QED) is 0.795. The predicted octanol–water partition coefficient (Wildman–Crippen LogP) is 2.18. The third-order valence-corrected chi connectivity index (χ3v) is 3.56. The highest BCUT2D eigenvalue weighted by atomic mass is 14.9. The van der Waals surface area contributed by atoms with Gasteiger partial charge in [-0.1, -0.05) is 36.2 Å². The number of nitrogens with one attached hydrogen (secondary N) is 1. The summed E-state index contributed by atoms with van der Waals surface area (Å²) < 4.78 is 0. The lowest BCUT2D eigenvalue weighted by Gasteiger charge is -2.28. The summed E-state index contributed by atoms with van der Waals surface area (Å²) in [4.78, 5) is 0. The summed E-state index contributed by atoms with van der Waals surface area (Å²) in [6, 6.07) is 9.44. The van der Waals surface area contributed by atoms with Crippen molar-refractivity contribution in [1.29, 1.82) is 0 Å². The Kier molecular flexibility index (Phi) is 3.97. The summed E-state index contributed by atoms with van der Waals surface area (Å²) in [6.45, 7) is 3.88. The van der Waals surface area contributed by atoms with Crippen molar-refractivity contribution >= 4 is 0 Å². The second-order valence-electron chi connectivity index (χ2n) is 4.88. The highest BCUT2D eigenvalue weighted by Gasteiger charge is 2.18. The average molecular weight is 218 g/mol. The number of aryl methyl sites for hydroxylation is 1. The van der Waals surface area contributed by atoms with E-state index in [1.807, 2.05) is 0 Å². The number of benzene rings is 1. The van der Waals surface area contributed by atoms with Gasteiger partial charge < -0.3 is 11.1 Å². The van der Waals surface area contributed by atoms with E-state index in [1.165, 1.54) is 30.4 Å². The number of rotatable bonds is 5. The topological polar surface area (TPSA) is 38.0 Å². The minimum Gasteiger partial charge on any atom is -0.330 e. The van der Waals surface area contributed by atoms with Crippen LogP contribution in [0.4, 0.5) is 0 Å². The van der Waals surface area contributed by atoms with E-state index >= 15 is 0 Å². The molecule has 0 heterocycles. The largest absolute Gasteiger partial charge is 0.330 e. The summed E-state index contributed by atoms with van der Waals surface area (Å²) in [6.07, 6.45) is 4.06. The molecule has 0 aromatic heterocycles. The Morgan fingerprint density at radius 1 is 1.44 bits per heavy atom. The van der Waals surface area contributed by atoms with Crippen LogP contribution in [-0.2, 0) is 0 Å². The van der Waals surface area contributed by atoms with Crippen LogP contribution in [-0.4, -0.2) is 19.1 Å². The average Bonchev–Trinajstić information content (AvgIpc) is 2.22. The first kappa shape index (κ1) is 11.6. The molecule has 1 unspecified atom stereocenters. The van der Waals surface area contributed by atoms with Crippen molar-refractivity contribution in [1.82, 2.24) is 5.32 Å². The Labute approximate surface area is 98.2 Å². The van der Waals surface area contributed by atoms with Crippen molar-refractivity contribution in [2.75, 3.05) is 13.1 Å². The molecule has 0 amide bonds. The van der Waals surface area contributed by atoms with Crippen LogP contribution >= 0.6 is 0 Å². The van der Waals surface area contributed by atoms with E-state index in [0.717, 1.165) is 19.1 Å². The molecule has 0 aliphatic heterocycles. The zero-order valence-electron chi connectivity index (χ0n) is 10.1. The minimum atomic E-state index is 0.459. The van der Waals surface area contributed by atoms with Crippen molar-refractivity contribution in [3.8, 4) is 0 Å². The van der Waals surface area contributed by atoms with Crippen LogP contribution in [0.15, 0.2) is 24.3 Å². The molecular formula is C14H22N2. The van der Waals surface area contributed by atoms with Crippen LogP contribution < -0.4 is 11.1 Å². The molecule has 1 aliphatic rings. The normalized spacial score (nSPS) is 18.1. The fraction of sp³-hybridized carbons (Fsp3) is 0.571. The number of hydrogen-bond donors (Lipinski definition) is 2.